The number of fused-ring (bicyclic) bond motifs is 1. The van der Waals surface area contributed by atoms with Crippen LogP contribution in [0.5, 0.6) is 0 Å². The molecule has 0 fully saturated rings. The lowest BCUT2D eigenvalue weighted by Crippen LogP contribution is -2.45. The molecule has 2 rings (SSSR count). The number of hydrogen-bond donors (Lipinski definition) is 0. The molecule has 25 heavy (non-hydrogen) atoms. The number of hydrogen-bond acceptors (Lipinski definition) is 4. The van der Waals surface area contributed by atoms with Crippen LogP contribution in [0.1, 0.15) is 31.0 Å². The average molecular weight is 407 g/mol. The van der Waals surface area contributed by atoms with Crippen LogP contribution in [0.3, 0.4) is 0 Å². The van der Waals surface area contributed by atoms with Gasteiger partial charge in [-0.05, 0) is 31.1 Å². The summed E-state index contributed by atoms with van der Waals surface area (Å²) in [5, 5.41) is 0. The molecule has 1 aromatic rings. The minimum atomic E-state index is -1.72. The van der Waals surface area contributed by atoms with Crippen molar-refractivity contribution < 1.29 is 19.1 Å². The van der Waals surface area contributed by atoms with Gasteiger partial charge in [-0.1, -0.05) is 59.1 Å². The SMILES string of the molecule is COC(=O)C(C)(C)[C@H]1c2ccccc2C=CN1C(=O)OCC(Cl)(Cl)Cl. The highest BCUT2D eigenvalue weighted by atomic mass is 35.6. The third-order valence-electron chi connectivity index (χ3n) is 3.95. The predicted molar refractivity (Wildman–Crippen MR) is 97.5 cm³/mol. The van der Waals surface area contributed by atoms with Crippen molar-refractivity contribution in [3.05, 3.63) is 41.6 Å². The minimum absolute atomic E-state index is 0.409. The van der Waals surface area contributed by atoms with Crippen LogP contribution in [0.15, 0.2) is 30.5 Å². The first-order valence-corrected chi connectivity index (χ1v) is 8.58. The molecule has 0 N–H and O–H groups in total. The van der Waals surface area contributed by atoms with Crippen molar-refractivity contribution in [3.8, 4) is 0 Å². The zero-order chi connectivity index (χ0) is 18.8. The summed E-state index contributed by atoms with van der Waals surface area (Å²) >= 11 is 16.9. The number of ether oxygens (including phenoxy) is 2. The number of amides is 1. The van der Waals surface area contributed by atoms with E-state index in [0.717, 1.165) is 11.1 Å². The van der Waals surface area contributed by atoms with Crippen molar-refractivity contribution >= 4 is 52.9 Å². The van der Waals surface area contributed by atoms with E-state index in [9.17, 15) is 9.59 Å². The van der Waals surface area contributed by atoms with Crippen LogP contribution >= 0.6 is 34.8 Å². The first kappa shape index (κ1) is 19.9. The summed E-state index contributed by atoms with van der Waals surface area (Å²) in [5.74, 6) is -0.457. The smallest absolute Gasteiger partial charge is 0.414 e. The molecule has 5 nitrogen and oxygen atoms in total. The number of nitrogens with zero attached hydrogens (tertiary/aromatic N) is 1. The molecule has 0 spiro atoms. The van der Waals surface area contributed by atoms with Gasteiger partial charge in [0.1, 0.15) is 6.61 Å². The Balaban J connectivity index is 2.41. The number of carbonyl (C=O) groups is 2. The highest BCUT2D eigenvalue weighted by Gasteiger charge is 2.46. The molecular weight excluding hydrogens is 389 g/mol. The second kappa shape index (κ2) is 7.44. The summed E-state index contributed by atoms with van der Waals surface area (Å²) in [6.07, 6.45) is 2.59. The number of alkyl halides is 3. The lowest BCUT2D eigenvalue weighted by atomic mass is 9.77. The molecule has 136 valence electrons. The minimum Gasteiger partial charge on any atom is -0.469 e. The summed E-state index contributed by atoms with van der Waals surface area (Å²) in [7, 11) is 1.31. The van der Waals surface area contributed by atoms with Gasteiger partial charge in [-0.2, -0.15) is 0 Å². The molecule has 0 unspecified atom stereocenters. The molecule has 1 aliphatic rings. The number of methoxy groups -OCH3 is 1. The highest BCUT2D eigenvalue weighted by Crippen LogP contribution is 2.44. The fraction of sp³-hybridized carbons (Fsp3) is 0.412. The summed E-state index contributed by atoms with van der Waals surface area (Å²) in [5.41, 5.74) is 0.662. The molecule has 0 saturated heterocycles. The van der Waals surface area contributed by atoms with Gasteiger partial charge in [-0.3, -0.25) is 9.69 Å². The summed E-state index contributed by atoms with van der Waals surface area (Å²) in [4.78, 5) is 26.2. The Labute approximate surface area is 161 Å². The summed E-state index contributed by atoms with van der Waals surface area (Å²) in [6, 6.07) is 6.83. The van der Waals surface area contributed by atoms with Crippen molar-refractivity contribution in [2.45, 2.75) is 23.7 Å². The van der Waals surface area contributed by atoms with E-state index in [0.29, 0.717) is 0 Å². The van der Waals surface area contributed by atoms with Gasteiger partial charge in [0.15, 0.2) is 0 Å². The molecule has 1 atom stereocenters. The quantitative estimate of drug-likeness (QED) is 0.538. The van der Waals surface area contributed by atoms with Crippen LogP contribution in [0.4, 0.5) is 4.79 Å². The van der Waals surface area contributed by atoms with Gasteiger partial charge >= 0.3 is 12.1 Å². The standard InChI is InChI=1S/C17H18Cl3NO4/c1-16(2,14(22)24-3)13-12-7-5-4-6-11(12)8-9-21(13)15(23)25-10-17(18,19)20/h4-9,13H,10H2,1-3H3/t13-/m1/s1. The molecule has 1 aromatic carbocycles. The van der Waals surface area contributed by atoms with Crippen molar-refractivity contribution in [2.75, 3.05) is 13.7 Å². The maximum absolute atomic E-state index is 12.5. The molecule has 1 heterocycles. The third-order valence-corrected chi connectivity index (χ3v) is 4.28. The topological polar surface area (TPSA) is 55.8 Å². The van der Waals surface area contributed by atoms with Gasteiger partial charge in [0, 0.05) is 6.20 Å². The number of carbonyl (C=O) groups excluding carboxylic acids is 2. The molecule has 0 radical (unpaired) electrons. The van der Waals surface area contributed by atoms with Crippen molar-refractivity contribution in [1.29, 1.82) is 0 Å². The van der Waals surface area contributed by atoms with Crippen molar-refractivity contribution in [3.63, 3.8) is 0 Å². The summed E-state index contributed by atoms with van der Waals surface area (Å²) in [6.45, 7) is 3.00. The second-order valence-electron chi connectivity index (χ2n) is 6.14. The van der Waals surface area contributed by atoms with E-state index in [1.165, 1.54) is 12.0 Å². The Hall–Kier alpha value is -1.43. The van der Waals surface area contributed by atoms with E-state index < -0.39 is 33.9 Å². The van der Waals surface area contributed by atoms with Gasteiger partial charge in [-0.15, -0.1) is 0 Å². The number of halogens is 3. The number of benzene rings is 1. The Morgan fingerprint density at radius 2 is 1.84 bits per heavy atom. The Kier molecular flexibility index (Phi) is 5.92. The molecule has 8 heteroatoms. The van der Waals surface area contributed by atoms with Crippen LogP contribution in [-0.2, 0) is 14.3 Å². The Morgan fingerprint density at radius 3 is 2.44 bits per heavy atom. The number of rotatable bonds is 3. The van der Waals surface area contributed by atoms with Crippen LogP contribution in [0.2, 0.25) is 0 Å². The van der Waals surface area contributed by atoms with Gasteiger partial charge in [0.05, 0.1) is 18.6 Å². The Morgan fingerprint density at radius 1 is 1.20 bits per heavy atom. The highest BCUT2D eigenvalue weighted by molar-refractivity contribution is 6.67. The van der Waals surface area contributed by atoms with Crippen LogP contribution in [0, 0.1) is 5.41 Å². The Bertz CT molecular complexity index is 697. The molecule has 0 aromatic heterocycles. The lowest BCUT2D eigenvalue weighted by molar-refractivity contribution is -0.154. The fourth-order valence-corrected chi connectivity index (χ4v) is 2.97. The first-order valence-electron chi connectivity index (χ1n) is 7.45. The maximum atomic E-state index is 12.5. The maximum Gasteiger partial charge on any atom is 0.414 e. The third kappa shape index (κ3) is 4.40. The lowest BCUT2D eigenvalue weighted by Gasteiger charge is -2.40. The van der Waals surface area contributed by atoms with Crippen molar-refractivity contribution in [2.24, 2.45) is 5.41 Å². The normalized spacial score (nSPS) is 17.0. The van der Waals surface area contributed by atoms with Gasteiger partial charge in [0.2, 0.25) is 3.79 Å². The van der Waals surface area contributed by atoms with E-state index >= 15 is 0 Å². The van der Waals surface area contributed by atoms with E-state index in [1.54, 1.807) is 26.1 Å². The molecule has 1 aliphatic heterocycles. The van der Waals surface area contributed by atoms with Gasteiger partial charge in [0.25, 0.3) is 0 Å². The van der Waals surface area contributed by atoms with Crippen LogP contribution in [0.25, 0.3) is 6.08 Å². The van der Waals surface area contributed by atoms with E-state index in [-0.39, 0.29) is 0 Å². The number of esters is 1. The van der Waals surface area contributed by atoms with Crippen molar-refractivity contribution in [1.82, 2.24) is 4.90 Å². The summed E-state index contributed by atoms with van der Waals surface area (Å²) < 4.78 is 8.29. The van der Waals surface area contributed by atoms with E-state index in [2.05, 4.69) is 0 Å². The molecular formula is C17H18Cl3NO4. The molecule has 0 saturated carbocycles. The first-order chi connectivity index (χ1) is 11.6. The fourth-order valence-electron chi connectivity index (χ4n) is 2.80. The predicted octanol–water partition coefficient (Wildman–Crippen LogP) is 4.72. The van der Waals surface area contributed by atoms with Gasteiger partial charge < -0.3 is 9.47 Å². The zero-order valence-electron chi connectivity index (χ0n) is 14.0. The van der Waals surface area contributed by atoms with Gasteiger partial charge in [-0.25, -0.2) is 4.79 Å². The average Bonchev–Trinajstić information content (AvgIpc) is 2.56. The molecule has 0 aliphatic carbocycles. The van der Waals surface area contributed by atoms with Crippen LogP contribution < -0.4 is 0 Å². The molecule has 0 bridgehead atoms. The largest absolute Gasteiger partial charge is 0.469 e. The monoisotopic (exact) mass is 405 g/mol. The zero-order valence-corrected chi connectivity index (χ0v) is 16.2. The van der Waals surface area contributed by atoms with E-state index in [4.69, 9.17) is 44.3 Å². The van der Waals surface area contributed by atoms with Crippen LogP contribution in [-0.4, -0.2) is 34.5 Å². The molecule has 1 amide bonds. The van der Waals surface area contributed by atoms with E-state index in [1.807, 2.05) is 24.3 Å². The second-order valence-corrected chi connectivity index (χ2v) is 8.65.